The average Bonchev–Trinajstić information content (AvgIpc) is 2.84. The first-order chi connectivity index (χ1) is 9.72. The molecular weight excluding hydrogens is 288 g/mol. The third-order valence-corrected chi connectivity index (χ3v) is 4.89. The van der Waals surface area contributed by atoms with Crippen LogP contribution in [0.5, 0.6) is 0 Å². The zero-order chi connectivity index (χ0) is 14.1. The van der Waals surface area contributed by atoms with E-state index in [4.69, 9.17) is 11.6 Å². The quantitative estimate of drug-likeness (QED) is 0.626. The summed E-state index contributed by atoms with van der Waals surface area (Å²) in [5, 5.41) is 1.41. The van der Waals surface area contributed by atoms with Gasteiger partial charge in [0, 0.05) is 22.0 Å². The Bertz CT molecular complexity index is 747. The van der Waals surface area contributed by atoms with E-state index in [-0.39, 0.29) is 0 Å². The fraction of sp³-hybridized carbons (Fsp3) is 0.250. The van der Waals surface area contributed by atoms with Crippen molar-refractivity contribution in [2.24, 2.45) is 0 Å². The van der Waals surface area contributed by atoms with Crippen molar-refractivity contribution in [1.29, 1.82) is 0 Å². The first kappa shape index (κ1) is 13.5. The molecule has 4 heteroatoms. The summed E-state index contributed by atoms with van der Waals surface area (Å²) in [5.41, 5.74) is 3.84. The van der Waals surface area contributed by atoms with E-state index in [2.05, 4.69) is 48.1 Å². The Labute approximate surface area is 127 Å². The molecule has 0 amide bonds. The molecular formula is C16H15ClN2S. The Morgan fingerprint density at radius 2 is 1.85 bits per heavy atom. The van der Waals surface area contributed by atoms with E-state index >= 15 is 0 Å². The van der Waals surface area contributed by atoms with Gasteiger partial charge in [0.25, 0.3) is 0 Å². The van der Waals surface area contributed by atoms with Gasteiger partial charge in [0.15, 0.2) is 0 Å². The molecule has 0 bridgehead atoms. The standard InChI is InChI=1S/C16H15ClN2S/c1-3-10-5-7-11(8-6-10)14-12-9-18-16(17)19-15(12)20-13(14)4-2/h5-9H,3-4H2,1-2H3. The second-order valence-corrected chi connectivity index (χ2v) is 6.08. The second kappa shape index (κ2) is 5.51. The van der Waals surface area contributed by atoms with Gasteiger partial charge in [-0.15, -0.1) is 11.3 Å². The van der Waals surface area contributed by atoms with Crippen LogP contribution in [0.3, 0.4) is 0 Å². The summed E-state index contributed by atoms with van der Waals surface area (Å²) in [6.45, 7) is 4.34. The first-order valence-electron chi connectivity index (χ1n) is 6.76. The highest BCUT2D eigenvalue weighted by Gasteiger charge is 2.14. The summed E-state index contributed by atoms with van der Waals surface area (Å²) in [7, 11) is 0. The van der Waals surface area contributed by atoms with Crippen LogP contribution in [0.2, 0.25) is 5.28 Å². The molecule has 0 fully saturated rings. The second-order valence-electron chi connectivity index (χ2n) is 4.66. The van der Waals surface area contributed by atoms with Gasteiger partial charge in [-0.25, -0.2) is 9.97 Å². The highest BCUT2D eigenvalue weighted by Crippen LogP contribution is 2.38. The van der Waals surface area contributed by atoms with Crippen molar-refractivity contribution in [1.82, 2.24) is 9.97 Å². The minimum Gasteiger partial charge on any atom is -0.226 e. The maximum absolute atomic E-state index is 5.89. The van der Waals surface area contributed by atoms with E-state index in [9.17, 15) is 0 Å². The number of rotatable bonds is 3. The Kier molecular flexibility index (Phi) is 3.72. The third-order valence-electron chi connectivity index (χ3n) is 3.46. The Morgan fingerprint density at radius 3 is 2.50 bits per heavy atom. The van der Waals surface area contributed by atoms with E-state index in [1.807, 2.05) is 6.20 Å². The molecule has 0 spiro atoms. The van der Waals surface area contributed by atoms with E-state index in [1.165, 1.54) is 21.6 Å². The van der Waals surface area contributed by atoms with Crippen molar-refractivity contribution in [3.05, 3.63) is 46.2 Å². The number of thiophene rings is 1. The lowest BCUT2D eigenvalue weighted by Gasteiger charge is -2.04. The van der Waals surface area contributed by atoms with E-state index in [0.29, 0.717) is 5.28 Å². The number of halogens is 1. The van der Waals surface area contributed by atoms with Crippen LogP contribution in [0, 0.1) is 0 Å². The van der Waals surface area contributed by atoms with Gasteiger partial charge in [-0.05, 0) is 35.6 Å². The number of hydrogen-bond acceptors (Lipinski definition) is 3. The van der Waals surface area contributed by atoms with Crippen molar-refractivity contribution in [2.45, 2.75) is 26.7 Å². The molecule has 0 unspecified atom stereocenters. The average molecular weight is 303 g/mol. The fourth-order valence-corrected chi connectivity index (χ4v) is 3.67. The Balaban J connectivity index is 2.22. The highest BCUT2D eigenvalue weighted by atomic mass is 35.5. The summed E-state index contributed by atoms with van der Waals surface area (Å²) in [4.78, 5) is 10.8. The molecule has 0 aliphatic rings. The number of benzene rings is 1. The molecule has 0 atom stereocenters. The predicted octanol–water partition coefficient (Wildman–Crippen LogP) is 5.14. The molecule has 0 aliphatic carbocycles. The van der Waals surface area contributed by atoms with Crippen LogP contribution in [0.25, 0.3) is 21.3 Å². The minimum atomic E-state index is 0.314. The van der Waals surface area contributed by atoms with Crippen molar-refractivity contribution in [3.8, 4) is 11.1 Å². The minimum absolute atomic E-state index is 0.314. The molecule has 3 rings (SSSR count). The summed E-state index contributed by atoms with van der Waals surface area (Å²) >= 11 is 7.60. The lowest BCUT2D eigenvalue weighted by atomic mass is 10.0. The lowest BCUT2D eigenvalue weighted by molar-refractivity contribution is 1.14. The van der Waals surface area contributed by atoms with Gasteiger partial charge in [0.2, 0.25) is 5.28 Å². The van der Waals surface area contributed by atoms with E-state index in [1.54, 1.807) is 11.3 Å². The normalized spacial score (nSPS) is 11.2. The van der Waals surface area contributed by atoms with Crippen molar-refractivity contribution in [3.63, 3.8) is 0 Å². The van der Waals surface area contributed by atoms with Gasteiger partial charge >= 0.3 is 0 Å². The van der Waals surface area contributed by atoms with Crippen LogP contribution in [-0.2, 0) is 12.8 Å². The van der Waals surface area contributed by atoms with Gasteiger partial charge in [0.1, 0.15) is 4.83 Å². The fourth-order valence-electron chi connectivity index (χ4n) is 2.39. The molecule has 20 heavy (non-hydrogen) atoms. The summed E-state index contributed by atoms with van der Waals surface area (Å²) in [6, 6.07) is 8.76. The number of fused-ring (bicyclic) bond motifs is 1. The zero-order valence-electron chi connectivity index (χ0n) is 11.5. The molecule has 0 radical (unpaired) electrons. The molecule has 3 aromatic rings. The topological polar surface area (TPSA) is 25.8 Å². The molecule has 0 saturated carbocycles. The van der Waals surface area contributed by atoms with Crippen LogP contribution in [-0.4, -0.2) is 9.97 Å². The SMILES string of the molecule is CCc1ccc(-c2c(CC)sc3nc(Cl)ncc23)cc1. The van der Waals surface area contributed by atoms with Gasteiger partial charge in [0.05, 0.1) is 0 Å². The number of nitrogens with zero attached hydrogens (tertiary/aromatic N) is 2. The highest BCUT2D eigenvalue weighted by molar-refractivity contribution is 7.19. The predicted molar refractivity (Wildman–Crippen MR) is 86.6 cm³/mol. The summed E-state index contributed by atoms with van der Waals surface area (Å²) in [6.07, 6.45) is 3.89. The largest absolute Gasteiger partial charge is 0.226 e. The van der Waals surface area contributed by atoms with E-state index < -0.39 is 0 Å². The molecule has 0 N–H and O–H groups in total. The molecule has 0 saturated heterocycles. The molecule has 1 aromatic carbocycles. The molecule has 102 valence electrons. The molecule has 2 nitrogen and oxygen atoms in total. The molecule has 2 heterocycles. The van der Waals surface area contributed by atoms with Crippen LogP contribution < -0.4 is 0 Å². The van der Waals surface area contributed by atoms with Gasteiger partial charge in [-0.2, -0.15) is 0 Å². The number of aromatic nitrogens is 2. The molecule has 2 aromatic heterocycles. The Morgan fingerprint density at radius 1 is 1.10 bits per heavy atom. The summed E-state index contributed by atoms with van der Waals surface area (Å²) < 4.78 is 0. The van der Waals surface area contributed by atoms with Crippen molar-refractivity contribution in [2.75, 3.05) is 0 Å². The van der Waals surface area contributed by atoms with E-state index in [0.717, 1.165) is 23.1 Å². The lowest BCUT2D eigenvalue weighted by Crippen LogP contribution is -1.85. The monoisotopic (exact) mass is 302 g/mol. The van der Waals surface area contributed by atoms with Gasteiger partial charge < -0.3 is 0 Å². The van der Waals surface area contributed by atoms with Crippen LogP contribution in [0.15, 0.2) is 30.5 Å². The Hall–Kier alpha value is -1.45. The summed E-state index contributed by atoms with van der Waals surface area (Å²) in [5.74, 6) is 0. The van der Waals surface area contributed by atoms with Crippen molar-refractivity contribution >= 4 is 33.2 Å². The molecule has 0 aliphatic heterocycles. The number of hydrogen-bond donors (Lipinski definition) is 0. The smallest absolute Gasteiger partial charge is 0.223 e. The maximum atomic E-state index is 5.89. The number of aryl methyl sites for hydroxylation is 2. The third kappa shape index (κ3) is 2.32. The maximum Gasteiger partial charge on any atom is 0.223 e. The van der Waals surface area contributed by atoms with Gasteiger partial charge in [-0.3, -0.25) is 0 Å². The van der Waals surface area contributed by atoms with Gasteiger partial charge in [-0.1, -0.05) is 38.1 Å². The van der Waals surface area contributed by atoms with Crippen LogP contribution in [0.1, 0.15) is 24.3 Å². The van der Waals surface area contributed by atoms with Crippen LogP contribution >= 0.6 is 22.9 Å². The zero-order valence-corrected chi connectivity index (χ0v) is 13.1. The van der Waals surface area contributed by atoms with Crippen LogP contribution in [0.4, 0.5) is 0 Å². The first-order valence-corrected chi connectivity index (χ1v) is 7.95. The van der Waals surface area contributed by atoms with Crippen molar-refractivity contribution < 1.29 is 0 Å².